The van der Waals surface area contributed by atoms with Crippen LogP contribution < -0.4 is 15.8 Å². The van der Waals surface area contributed by atoms with Crippen molar-refractivity contribution in [3.05, 3.63) is 52.3 Å². The Morgan fingerprint density at radius 1 is 1.25 bits per heavy atom. The molecule has 3 N–H and O–H groups in total. The summed E-state index contributed by atoms with van der Waals surface area (Å²) in [5.41, 5.74) is 7.07. The van der Waals surface area contributed by atoms with Gasteiger partial charge in [0.15, 0.2) is 0 Å². The Bertz CT molecular complexity index is 706. The van der Waals surface area contributed by atoms with Crippen molar-refractivity contribution in [2.75, 3.05) is 5.32 Å². The molecular weight excluding hydrogens is 327 g/mol. The number of halogens is 2. The van der Waals surface area contributed by atoms with Gasteiger partial charge < -0.3 is 15.8 Å². The molecule has 0 saturated carbocycles. The van der Waals surface area contributed by atoms with Gasteiger partial charge in [-0.05, 0) is 34.1 Å². The maximum Gasteiger partial charge on any atom is 0.245 e. The van der Waals surface area contributed by atoms with Crippen LogP contribution in [0.1, 0.15) is 11.6 Å². The number of anilines is 1. The Morgan fingerprint density at radius 2 is 2.05 bits per heavy atom. The second-order valence-electron chi connectivity index (χ2n) is 4.39. The molecule has 3 rings (SSSR count). The Labute approximate surface area is 122 Å². The van der Waals surface area contributed by atoms with E-state index in [1.807, 2.05) is 0 Å². The molecule has 0 radical (unpaired) electrons. The van der Waals surface area contributed by atoms with E-state index in [-0.39, 0.29) is 11.7 Å². The molecule has 2 aromatic rings. The number of benzene rings is 2. The zero-order valence-electron chi connectivity index (χ0n) is 10.2. The zero-order valence-corrected chi connectivity index (χ0v) is 11.8. The standard InChI is InChI=1S/C14H10BrFN2O2/c15-10-4-1-7(16)5-12(10)20-8-2-3-9-11(6-8)18-14(19)13(9)17/h1-6,13H,17H2,(H,18,19). The molecule has 0 fully saturated rings. The summed E-state index contributed by atoms with van der Waals surface area (Å²) < 4.78 is 19.4. The number of nitrogens with two attached hydrogens (primary N) is 1. The topological polar surface area (TPSA) is 64.4 Å². The van der Waals surface area contributed by atoms with Crippen LogP contribution in [0.5, 0.6) is 11.5 Å². The molecule has 1 atom stereocenters. The molecule has 0 aliphatic carbocycles. The molecule has 0 spiro atoms. The lowest BCUT2D eigenvalue weighted by atomic mass is 10.1. The molecule has 6 heteroatoms. The van der Waals surface area contributed by atoms with Gasteiger partial charge in [0, 0.05) is 23.4 Å². The number of carbonyl (C=O) groups is 1. The molecule has 1 unspecified atom stereocenters. The van der Waals surface area contributed by atoms with Gasteiger partial charge in [-0.25, -0.2) is 4.39 Å². The first-order valence-corrected chi connectivity index (χ1v) is 6.67. The Hall–Kier alpha value is -1.92. The van der Waals surface area contributed by atoms with Crippen molar-refractivity contribution < 1.29 is 13.9 Å². The number of rotatable bonds is 2. The van der Waals surface area contributed by atoms with Crippen molar-refractivity contribution in [2.45, 2.75) is 6.04 Å². The summed E-state index contributed by atoms with van der Waals surface area (Å²) in [5, 5.41) is 2.67. The molecule has 4 nitrogen and oxygen atoms in total. The molecule has 0 bridgehead atoms. The Balaban J connectivity index is 1.92. The van der Waals surface area contributed by atoms with E-state index < -0.39 is 6.04 Å². The van der Waals surface area contributed by atoms with Crippen molar-refractivity contribution >= 4 is 27.5 Å². The van der Waals surface area contributed by atoms with Crippen LogP contribution >= 0.6 is 15.9 Å². The molecule has 1 amide bonds. The van der Waals surface area contributed by atoms with E-state index >= 15 is 0 Å². The lowest BCUT2D eigenvalue weighted by Crippen LogP contribution is -2.19. The van der Waals surface area contributed by atoms with Crippen molar-refractivity contribution in [1.29, 1.82) is 0 Å². The predicted octanol–water partition coefficient (Wildman–Crippen LogP) is 3.33. The van der Waals surface area contributed by atoms with Gasteiger partial charge in [0.05, 0.1) is 4.47 Å². The Morgan fingerprint density at radius 3 is 2.85 bits per heavy atom. The van der Waals surface area contributed by atoms with Crippen LogP contribution in [-0.2, 0) is 4.79 Å². The average Bonchev–Trinajstić information content (AvgIpc) is 2.69. The van der Waals surface area contributed by atoms with Crippen LogP contribution in [-0.4, -0.2) is 5.91 Å². The van der Waals surface area contributed by atoms with Gasteiger partial charge in [-0.15, -0.1) is 0 Å². The number of nitrogens with one attached hydrogen (secondary N) is 1. The number of amides is 1. The molecule has 2 aromatic carbocycles. The molecule has 1 aliphatic rings. The summed E-state index contributed by atoms with van der Waals surface area (Å²) >= 11 is 3.29. The summed E-state index contributed by atoms with van der Waals surface area (Å²) in [4.78, 5) is 11.5. The van der Waals surface area contributed by atoms with Crippen molar-refractivity contribution in [3.63, 3.8) is 0 Å². The van der Waals surface area contributed by atoms with Crippen LogP contribution in [0.4, 0.5) is 10.1 Å². The average molecular weight is 337 g/mol. The molecule has 20 heavy (non-hydrogen) atoms. The smallest absolute Gasteiger partial charge is 0.245 e. The van der Waals surface area contributed by atoms with Gasteiger partial charge in [-0.2, -0.15) is 0 Å². The molecular formula is C14H10BrFN2O2. The van der Waals surface area contributed by atoms with Crippen LogP contribution in [0.2, 0.25) is 0 Å². The lowest BCUT2D eigenvalue weighted by molar-refractivity contribution is -0.116. The summed E-state index contributed by atoms with van der Waals surface area (Å²) in [6.45, 7) is 0. The van der Waals surface area contributed by atoms with E-state index in [0.29, 0.717) is 21.7 Å². The second-order valence-corrected chi connectivity index (χ2v) is 5.25. The first-order chi connectivity index (χ1) is 9.54. The van der Waals surface area contributed by atoms with E-state index in [4.69, 9.17) is 10.5 Å². The minimum Gasteiger partial charge on any atom is -0.456 e. The largest absolute Gasteiger partial charge is 0.456 e. The van der Waals surface area contributed by atoms with E-state index in [9.17, 15) is 9.18 Å². The number of fused-ring (bicyclic) bond motifs is 1. The summed E-state index contributed by atoms with van der Waals surface area (Å²) in [5.74, 6) is 0.215. The summed E-state index contributed by atoms with van der Waals surface area (Å²) in [6.07, 6.45) is 0. The summed E-state index contributed by atoms with van der Waals surface area (Å²) in [6, 6.07) is 8.60. The van der Waals surface area contributed by atoms with Crippen molar-refractivity contribution in [3.8, 4) is 11.5 Å². The fourth-order valence-corrected chi connectivity index (χ4v) is 2.34. The fourth-order valence-electron chi connectivity index (χ4n) is 2.01. The summed E-state index contributed by atoms with van der Waals surface area (Å²) in [7, 11) is 0. The molecule has 0 saturated heterocycles. The maximum atomic E-state index is 13.2. The number of ether oxygens (including phenoxy) is 1. The van der Waals surface area contributed by atoms with Crippen LogP contribution in [0.25, 0.3) is 0 Å². The second kappa shape index (κ2) is 4.88. The highest BCUT2D eigenvalue weighted by molar-refractivity contribution is 9.10. The zero-order chi connectivity index (χ0) is 14.3. The van der Waals surface area contributed by atoms with Crippen molar-refractivity contribution in [1.82, 2.24) is 0 Å². The Kier molecular flexibility index (Phi) is 3.19. The highest BCUT2D eigenvalue weighted by Crippen LogP contribution is 2.36. The van der Waals surface area contributed by atoms with E-state index in [1.165, 1.54) is 12.1 Å². The monoisotopic (exact) mass is 336 g/mol. The normalized spacial score (nSPS) is 16.8. The van der Waals surface area contributed by atoms with Crippen LogP contribution in [0.3, 0.4) is 0 Å². The minimum absolute atomic E-state index is 0.246. The SMILES string of the molecule is NC1C(=O)Nc2cc(Oc3cc(F)ccc3Br)ccc21. The molecule has 1 heterocycles. The third-order valence-corrected chi connectivity index (χ3v) is 3.68. The van der Waals surface area contributed by atoms with Crippen LogP contribution in [0.15, 0.2) is 40.9 Å². The van der Waals surface area contributed by atoms with Gasteiger partial charge in [0.1, 0.15) is 23.4 Å². The minimum atomic E-state index is -0.653. The van der Waals surface area contributed by atoms with Crippen LogP contribution in [0, 0.1) is 5.82 Å². The molecule has 0 aromatic heterocycles. The van der Waals surface area contributed by atoms with Gasteiger partial charge in [0.2, 0.25) is 5.91 Å². The lowest BCUT2D eigenvalue weighted by Gasteiger charge is -2.09. The molecule has 102 valence electrons. The number of hydrogen-bond acceptors (Lipinski definition) is 3. The van der Waals surface area contributed by atoms with Gasteiger partial charge >= 0.3 is 0 Å². The van der Waals surface area contributed by atoms with E-state index in [2.05, 4.69) is 21.2 Å². The van der Waals surface area contributed by atoms with Crippen molar-refractivity contribution in [2.24, 2.45) is 5.73 Å². The third-order valence-electron chi connectivity index (χ3n) is 3.02. The highest BCUT2D eigenvalue weighted by atomic mass is 79.9. The van der Waals surface area contributed by atoms with Gasteiger partial charge in [-0.1, -0.05) is 6.07 Å². The first kappa shape index (κ1) is 13.1. The molecule has 1 aliphatic heterocycles. The first-order valence-electron chi connectivity index (χ1n) is 5.88. The maximum absolute atomic E-state index is 13.2. The quantitative estimate of drug-likeness (QED) is 0.884. The van der Waals surface area contributed by atoms with Gasteiger partial charge in [0.25, 0.3) is 0 Å². The fraction of sp³-hybridized carbons (Fsp3) is 0.0714. The third kappa shape index (κ3) is 2.28. The van der Waals surface area contributed by atoms with E-state index in [1.54, 1.807) is 24.3 Å². The number of hydrogen-bond donors (Lipinski definition) is 2. The van der Waals surface area contributed by atoms with Gasteiger partial charge in [-0.3, -0.25) is 4.79 Å². The predicted molar refractivity (Wildman–Crippen MR) is 76.2 cm³/mol. The highest BCUT2D eigenvalue weighted by Gasteiger charge is 2.27. The number of carbonyl (C=O) groups excluding carboxylic acids is 1. The van der Waals surface area contributed by atoms with E-state index in [0.717, 1.165) is 5.56 Å².